The Balaban J connectivity index is 1.59. The minimum atomic E-state index is -1.05. The maximum absolute atomic E-state index is 12.1. The van der Waals surface area contributed by atoms with Gasteiger partial charge in [-0.3, -0.25) is 14.4 Å². The van der Waals surface area contributed by atoms with Crippen LogP contribution in [0, 0.1) is 0 Å². The van der Waals surface area contributed by atoms with E-state index in [9.17, 15) is 19.2 Å². The number of fused-ring (bicyclic) bond motifs is 1. The van der Waals surface area contributed by atoms with Crippen molar-refractivity contribution in [2.75, 3.05) is 39.6 Å². The summed E-state index contributed by atoms with van der Waals surface area (Å²) in [5.41, 5.74) is 0.454. The fourth-order valence-electron chi connectivity index (χ4n) is 2.29. The van der Waals surface area contributed by atoms with Gasteiger partial charge in [0.1, 0.15) is 6.61 Å². The third-order valence-electron chi connectivity index (χ3n) is 3.47. The van der Waals surface area contributed by atoms with Gasteiger partial charge in [-0.05, 0) is 12.1 Å². The van der Waals surface area contributed by atoms with Crippen LogP contribution in [-0.2, 0) is 23.8 Å². The highest BCUT2D eigenvalue weighted by Gasteiger charge is 2.39. The van der Waals surface area contributed by atoms with Gasteiger partial charge >= 0.3 is 5.97 Å². The van der Waals surface area contributed by atoms with E-state index >= 15 is 0 Å². The molecule has 0 aromatic heterocycles. The Morgan fingerprint density at radius 2 is 1.35 bits per heavy atom. The molecule has 0 radical (unpaired) electrons. The van der Waals surface area contributed by atoms with E-state index in [0.717, 1.165) is 0 Å². The lowest BCUT2D eigenvalue weighted by atomic mass is 10.1. The largest absolute Gasteiger partial charge is 0.480 e. The molecule has 0 saturated heterocycles. The Kier molecular flexibility index (Phi) is 7.39. The molecule has 140 valence electrons. The Morgan fingerprint density at radius 3 is 1.88 bits per heavy atom. The van der Waals surface area contributed by atoms with E-state index in [1.165, 1.54) is 12.1 Å². The summed E-state index contributed by atoms with van der Waals surface area (Å²) in [5, 5.41) is 8.36. The van der Waals surface area contributed by atoms with E-state index in [2.05, 4.69) is 0 Å². The van der Waals surface area contributed by atoms with Crippen LogP contribution in [0.3, 0.4) is 0 Å². The topological polar surface area (TPSA) is 119 Å². The van der Waals surface area contributed by atoms with E-state index in [1.54, 1.807) is 12.1 Å². The second-order valence-electron chi connectivity index (χ2n) is 5.31. The van der Waals surface area contributed by atoms with E-state index in [1.807, 2.05) is 0 Å². The minimum absolute atomic E-state index is 0.0467. The highest BCUT2D eigenvalue weighted by molar-refractivity contribution is 6.28. The molecule has 0 atom stereocenters. The quantitative estimate of drug-likeness (QED) is 0.440. The molecule has 0 aliphatic carbocycles. The van der Waals surface area contributed by atoms with Crippen molar-refractivity contribution in [3.8, 4) is 0 Å². The van der Waals surface area contributed by atoms with E-state index in [0.29, 0.717) is 4.90 Å². The maximum Gasteiger partial charge on any atom is 0.329 e. The lowest BCUT2D eigenvalue weighted by Crippen LogP contribution is -2.36. The number of hydrogen-bond acceptors (Lipinski definition) is 7. The average Bonchev–Trinajstić information content (AvgIpc) is 2.87. The van der Waals surface area contributed by atoms with Gasteiger partial charge in [0, 0.05) is 0 Å². The van der Waals surface area contributed by atoms with Crippen LogP contribution in [0.2, 0.25) is 0 Å². The SMILES string of the molecule is O=C(O)COCCOCCOCCC(=O)N1C(=O)c2ccccc2C1=O. The Labute approximate surface area is 149 Å². The third-order valence-corrected chi connectivity index (χ3v) is 3.47. The summed E-state index contributed by atoms with van der Waals surface area (Å²) in [6.07, 6.45) is -0.104. The fourth-order valence-corrected chi connectivity index (χ4v) is 2.29. The molecule has 0 fully saturated rings. The van der Waals surface area contributed by atoms with Gasteiger partial charge in [0.15, 0.2) is 0 Å². The number of carboxylic acids is 1. The van der Waals surface area contributed by atoms with Crippen molar-refractivity contribution in [1.29, 1.82) is 0 Å². The van der Waals surface area contributed by atoms with E-state index in [-0.39, 0.29) is 57.2 Å². The second-order valence-corrected chi connectivity index (χ2v) is 5.31. The summed E-state index contributed by atoms with van der Waals surface area (Å²) < 4.78 is 15.2. The molecular formula is C17H19NO8. The highest BCUT2D eigenvalue weighted by Crippen LogP contribution is 2.22. The zero-order valence-corrected chi connectivity index (χ0v) is 14.0. The van der Waals surface area contributed by atoms with Crippen molar-refractivity contribution in [3.63, 3.8) is 0 Å². The first-order valence-electron chi connectivity index (χ1n) is 7.98. The van der Waals surface area contributed by atoms with Crippen LogP contribution in [0.25, 0.3) is 0 Å². The number of carbonyl (C=O) groups excluding carboxylic acids is 3. The molecule has 1 heterocycles. The number of rotatable bonds is 11. The molecule has 0 spiro atoms. The highest BCUT2D eigenvalue weighted by atomic mass is 16.5. The molecule has 1 aliphatic heterocycles. The molecule has 3 amide bonds. The summed E-state index contributed by atoms with van der Waals surface area (Å²) >= 11 is 0. The molecule has 1 aromatic carbocycles. The van der Waals surface area contributed by atoms with Crippen LogP contribution in [0.4, 0.5) is 0 Å². The van der Waals surface area contributed by atoms with E-state index < -0.39 is 23.7 Å². The molecule has 1 N–H and O–H groups in total. The van der Waals surface area contributed by atoms with Crippen molar-refractivity contribution >= 4 is 23.7 Å². The smallest absolute Gasteiger partial charge is 0.329 e. The van der Waals surface area contributed by atoms with Crippen molar-refractivity contribution in [2.24, 2.45) is 0 Å². The van der Waals surface area contributed by atoms with Gasteiger partial charge in [-0.25, -0.2) is 9.69 Å². The van der Waals surface area contributed by atoms with Gasteiger partial charge in [-0.2, -0.15) is 0 Å². The number of nitrogens with zero attached hydrogens (tertiary/aromatic N) is 1. The molecule has 2 rings (SSSR count). The molecule has 0 bridgehead atoms. The molecule has 9 nitrogen and oxygen atoms in total. The molecule has 9 heteroatoms. The number of imide groups is 3. The van der Waals surface area contributed by atoms with Gasteiger partial charge in [-0.15, -0.1) is 0 Å². The normalized spacial score (nSPS) is 13.2. The number of carbonyl (C=O) groups is 4. The average molecular weight is 365 g/mol. The number of benzene rings is 1. The number of aliphatic carboxylic acids is 1. The van der Waals surface area contributed by atoms with E-state index in [4.69, 9.17) is 19.3 Å². The van der Waals surface area contributed by atoms with Crippen molar-refractivity contribution in [2.45, 2.75) is 6.42 Å². The van der Waals surface area contributed by atoms with Crippen molar-refractivity contribution < 1.29 is 38.5 Å². The van der Waals surface area contributed by atoms with Gasteiger partial charge in [-0.1, -0.05) is 12.1 Å². The summed E-state index contributed by atoms with van der Waals surface area (Å²) in [7, 11) is 0. The molecule has 1 aromatic rings. The zero-order valence-electron chi connectivity index (χ0n) is 14.0. The fraction of sp³-hybridized carbons (Fsp3) is 0.412. The van der Waals surface area contributed by atoms with Crippen molar-refractivity contribution in [3.05, 3.63) is 35.4 Å². The number of carboxylic acid groups (broad SMARTS) is 1. The number of hydrogen-bond donors (Lipinski definition) is 1. The Morgan fingerprint density at radius 1 is 0.846 bits per heavy atom. The van der Waals surface area contributed by atoms with Gasteiger partial charge in [0.05, 0.1) is 50.6 Å². The van der Waals surface area contributed by atoms with Crippen LogP contribution in [-0.4, -0.2) is 73.3 Å². The molecular weight excluding hydrogens is 346 g/mol. The van der Waals surface area contributed by atoms with Gasteiger partial charge < -0.3 is 19.3 Å². The molecule has 0 unspecified atom stereocenters. The van der Waals surface area contributed by atoms with Crippen LogP contribution in [0.15, 0.2) is 24.3 Å². The zero-order chi connectivity index (χ0) is 18.9. The maximum atomic E-state index is 12.1. The standard InChI is InChI=1S/C17H19NO8/c19-14(5-6-24-7-8-25-9-10-26-11-15(20)21)18-16(22)12-3-1-2-4-13(12)17(18)23/h1-4H,5-11H2,(H,20,21). The third kappa shape index (κ3) is 5.19. The summed E-state index contributed by atoms with van der Waals surface area (Å²) in [4.78, 5) is 47.2. The predicted molar refractivity (Wildman–Crippen MR) is 86.7 cm³/mol. The van der Waals surface area contributed by atoms with Crippen molar-refractivity contribution in [1.82, 2.24) is 4.90 Å². The summed E-state index contributed by atoms with van der Waals surface area (Å²) in [6.45, 7) is 0.520. The second kappa shape index (κ2) is 9.76. The Bertz CT molecular complexity index is 652. The molecule has 0 saturated carbocycles. The first kappa shape index (κ1) is 19.7. The number of ether oxygens (including phenoxy) is 3. The lowest BCUT2D eigenvalue weighted by Gasteiger charge is -2.12. The minimum Gasteiger partial charge on any atom is -0.480 e. The first-order valence-corrected chi connectivity index (χ1v) is 7.98. The summed E-state index contributed by atoms with van der Waals surface area (Å²) in [5.74, 6) is -2.88. The van der Waals surface area contributed by atoms with Crippen LogP contribution < -0.4 is 0 Å². The first-order chi connectivity index (χ1) is 12.5. The van der Waals surface area contributed by atoms with Gasteiger partial charge in [0.25, 0.3) is 11.8 Å². The van der Waals surface area contributed by atoms with Crippen LogP contribution in [0.5, 0.6) is 0 Å². The van der Waals surface area contributed by atoms with Crippen LogP contribution >= 0.6 is 0 Å². The molecule has 1 aliphatic rings. The Hall–Kier alpha value is -2.62. The summed E-state index contributed by atoms with van der Waals surface area (Å²) in [6, 6.07) is 6.29. The number of amides is 3. The molecule has 26 heavy (non-hydrogen) atoms. The predicted octanol–water partition coefficient (Wildman–Crippen LogP) is 0.334. The van der Waals surface area contributed by atoms with Gasteiger partial charge in [0.2, 0.25) is 5.91 Å². The van der Waals surface area contributed by atoms with Crippen LogP contribution in [0.1, 0.15) is 27.1 Å². The lowest BCUT2D eigenvalue weighted by molar-refractivity contribution is -0.142. The monoisotopic (exact) mass is 365 g/mol.